The van der Waals surface area contributed by atoms with Gasteiger partial charge in [0.1, 0.15) is 5.75 Å². The third-order valence-electron chi connectivity index (χ3n) is 3.79. The van der Waals surface area contributed by atoms with Crippen LogP contribution in [-0.2, 0) is 16.4 Å². The molecule has 2 aromatic carbocycles. The number of rotatable bonds is 3. The summed E-state index contributed by atoms with van der Waals surface area (Å²) in [6.07, 6.45) is 2.74. The normalized spacial score (nSPS) is 18.2. The van der Waals surface area contributed by atoms with Gasteiger partial charge in [-0.2, -0.15) is 0 Å². The highest BCUT2D eigenvalue weighted by Crippen LogP contribution is 2.31. The number of phenols is 1. The van der Waals surface area contributed by atoms with Crippen LogP contribution in [0.25, 0.3) is 0 Å². The lowest BCUT2D eigenvalue weighted by Crippen LogP contribution is -2.31. The standard InChI is InChI=1S/C16H17NO3S/c18-13-7-4-8-14(11-13)21(19,20)17-16-10-3-6-12-5-1-2-9-15(12)16/h1-2,4-5,7-9,11,16-18H,3,6,10H2. The Kier molecular flexibility index (Phi) is 3.69. The molecule has 0 amide bonds. The predicted octanol–water partition coefficient (Wildman–Crippen LogP) is 2.75. The van der Waals surface area contributed by atoms with Gasteiger partial charge in [-0.15, -0.1) is 0 Å². The van der Waals surface area contributed by atoms with Gasteiger partial charge in [0, 0.05) is 6.04 Å². The molecular formula is C16H17NO3S. The number of hydrogen-bond acceptors (Lipinski definition) is 3. The molecule has 4 nitrogen and oxygen atoms in total. The van der Waals surface area contributed by atoms with E-state index < -0.39 is 10.0 Å². The minimum atomic E-state index is -3.64. The second-order valence-electron chi connectivity index (χ2n) is 5.26. The van der Waals surface area contributed by atoms with Gasteiger partial charge in [0.05, 0.1) is 4.90 Å². The van der Waals surface area contributed by atoms with Crippen LogP contribution in [0.2, 0.25) is 0 Å². The Hall–Kier alpha value is -1.85. The van der Waals surface area contributed by atoms with Crippen LogP contribution in [0.3, 0.4) is 0 Å². The number of hydrogen-bond donors (Lipinski definition) is 2. The van der Waals surface area contributed by atoms with Crippen LogP contribution in [0, 0.1) is 0 Å². The summed E-state index contributed by atoms with van der Waals surface area (Å²) in [6.45, 7) is 0. The van der Waals surface area contributed by atoms with Crippen LogP contribution in [0.1, 0.15) is 30.0 Å². The maximum atomic E-state index is 12.4. The summed E-state index contributed by atoms with van der Waals surface area (Å²) in [6, 6.07) is 13.4. The van der Waals surface area contributed by atoms with E-state index in [0.29, 0.717) is 0 Å². The van der Waals surface area contributed by atoms with E-state index in [1.165, 1.54) is 29.8 Å². The lowest BCUT2D eigenvalue weighted by molar-refractivity contribution is 0.472. The van der Waals surface area contributed by atoms with Crippen LogP contribution in [0.4, 0.5) is 0 Å². The number of nitrogens with one attached hydrogen (secondary N) is 1. The first-order valence-corrected chi connectivity index (χ1v) is 8.44. The maximum Gasteiger partial charge on any atom is 0.241 e. The fraction of sp³-hybridized carbons (Fsp3) is 0.250. The zero-order chi connectivity index (χ0) is 14.9. The van der Waals surface area contributed by atoms with E-state index in [4.69, 9.17) is 0 Å². The molecule has 0 saturated carbocycles. The molecule has 0 spiro atoms. The van der Waals surface area contributed by atoms with E-state index in [2.05, 4.69) is 4.72 Å². The predicted molar refractivity (Wildman–Crippen MR) is 80.5 cm³/mol. The number of benzene rings is 2. The summed E-state index contributed by atoms with van der Waals surface area (Å²) >= 11 is 0. The van der Waals surface area contributed by atoms with Gasteiger partial charge in [-0.05, 0) is 48.6 Å². The number of sulfonamides is 1. The fourth-order valence-electron chi connectivity index (χ4n) is 2.78. The smallest absolute Gasteiger partial charge is 0.241 e. The van der Waals surface area contributed by atoms with Gasteiger partial charge in [-0.3, -0.25) is 0 Å². The highest BCUT2D eigenvalue weighted by atomic mass is 32.2. The van der Waals surface area contributed by atoms with E-state index >= 15 is 0 Å². The summed E-state index contributed by atoms with van der Waals surface area (Å²) in [5, 5.41) is 9.45. The number of fused-ring (bicyclic) bond motifs is 1. The molecule has 110 valence electrons. The average Bonchev–Trinajstić information content (AvgIpc) is 2.47. The maximum absolute atomic E-state index is 12.4. The minimum Gasteiger partial charge on any atom is -0.508 e. The molecule has 2 N–H and O–H groups in total. The van der Waals surface area contributed by atoms with Crippen LogP contribution in [0.5, 0.6) is 5.75 Å². The highest BCUT2D eigenvalue weighted by molar-refractivity contribution is 7.89. The van der Waals surface area contributed by atoms with Crippen molar-refractivity contribution in [3.05, 3.63) is 59.7 Å². The average molecular weight is 303 g/mol. The Labute approximate surface area is 124 Å². The molecule has 1 aliphatic rings. The summed E-state index contributed by atoms with van der Waals surface area (Å²) in [5.41, 5.74) is 2.25. The lowest BCUT2D eigenvalue weighted by Gasteiger charge is -2.26. The van der Waals surface area contributed by atoms with E-state index in [1.807, 2.05) is 24.3 Å². The summed E-state index contributed by atoms with van der Waals surface area (Å²) in [7, 11) is -3.64. The van der Waals surface area contributed by atoms with Crippen LogP contribution in [-0.4, -0.2) is 13.5 Å². The molecule has 5 heteroatoms. The third kappa shape index (κ3) is 2.94. The van der Waals surface area contributed by atoms with E-state index in [1.54, 1.807) is 0 Å². The van der Waals surface area contributed by atoms with Crippen molar-refractivity contribution in [2.45, 2.75) is 30.2 Å². The molecule has 2 aromatic rings. The van der Waals surface area contributed by atoms with E-state index in [0.717, 1.165) is 24.8 Å². The Morgan fingerprint density at radius 1 is 1.10 bits per heavy atom. The van der Waals surface area contributed by atoms with Gasteiger partial charge in [0.15, 0.2) is 0 Å². The largest absolute Gasteiger partial charge is 0.508 e. The van der Waals surface area contributed by atoms with Gasteiger partial charge in [0.25, 0.3) is 0 Å². The van der Waals surface area contributed by atoms with Crippen LogP contribution >= 0.6 is 0 Å². The summed E-state index contributed by atoms with van der Waals surface area (Å²) in [5.74, 6) is -0.0538. The highest BCUT2D eigenvalue weighted by Gasteiger charge is 2.25. The SMILES string of the molecule is O=S(=O)(NC1CCCc2ccccc21)c1cccc(O)c1. The van der Waals surface area contributed by atoms with Crippen molar-refractivity contribution >= 4 is 10.0 Å². The third-order valence-corrected chi connectivity index (χ3v) is 5.26. The molecule has 0 fully saturated rings. The monoisotopic (exact) mass is 303 g/mol. The Morgan fingerprint density at radius 2 is 1.90 bits per heavy atom. The van der Waals surface area contributed by atoms with Gasteiger partial charge >= 0.3 is 0 Å². The molecule has 0 bridgehead atoms. The molecule has 1 atom stereocenters. The Bertz CT molecular complexity index is 756. The van der Waals surface area contributed by atoms with Crippen molar-refractivity contribution in [2.24, 2.45) is 0 Å². The van der Waals surface area contributed by atoms with Crippen LogP contribution in [0.15, 0.2) is 53.4 Å². The minimum absolute atomic E-state index is 0.0538. The van der Waals surface area contributed by atoms with Gasteiger partial charge < -0.3 is 5.11 Å². The molecule has 21 heavy (non-hydrogen) atoms. The Morgan fingerprint density at radius 3 is 2.71 bits per heavy atom. The van der Waals surface area contributed by atoms with E-state index in [-0.39, 0.29) is 16.7 Å². The molecule has 0 radical (unpaired) electrons. The van der Waals surface area contributed by atoms with Gasteiger partial charge in [0.2, 0.25) is 10.0 Å². The first kappa shape index (κ1) is 14.1. The van der Waals surface area contributed by atoms with Crippen molar-refractivity contribution in [2.75, 3.05) is 0 Å². The van der Waals surface area contributed by atoms with Gasteiger partial charge in [-0.25, -0.2) is 13.1 Å². The molecule has 1 unspecified atom stereocenters. The number of aryl methyl sites for hydroxylation is 1. The van der Waals surface area contributed by atoms with E-state index in [9.17, 15) is 13.5 Å². The first-order valence-electron chi connectivity index (χ1n) is 6.95. The van der Waals surface area contributed by atoms with Crippen molar-refractivity contribution in [3.8, 4) is 5.75 Å². The van der Waals surface area contributed by atoms with Crippen molar-refractivity contribution in [1.82, 2.24) is 4.72 Å². The number of phenolic OH excluding ortho intramolecular Hbond substituents is 1. The van der Waals surface area contributed by atoms with Crippen molar-refractivity contribution in [1.29, 1.82) is 0 Å². The molecule has 0 aliphatic heterocycles. The second kappa shape index (κ2) is 5.50. The zero-order valence-corrected chi connectivity index (χ0v) is 12.3. The lowest BCUT2D eigenvalue weighted by atomic mass is 9.88. The number of aromatic hydroxyl groups is 1. The van der Waals surface area contributed by atoms with Gasteiger partial charge in [-0.1, -0.05) is 30.3 Å². The zero-order valence-electron chi connectivity index (χ0n) is 11.5. The Balaban J connectivity index is 1.90. The molecule has 0 aromatic heterocycles. The van der Waals surface area contributed by atoms with Crippen LogP contribution < -0.4 is 4.72 Å². The second-order valence-corrected chi connectivity index (χ2v) is 6.98. The molecule has 0 heterocycles. The quantitative estimate of drug-likeness (QED) is 0.916. The summed E-state index contributed by atoms with van der Waals surface area (Å²) < 4.78 is 27.6. The topological polar surface area (TPSA) is 66.4 Å². The molecule has 0 saturated heterocycles. The molecule has 3 rings (SSSR count). The molecule has 1 aliphatic carbocycles. The fourth-order valence-corrected chi connectivity index (χ4v) is 4.07. The summed E-state index contributed by atoms with van der Waals surface area (Å²) in [4.78, 5) is 0.0885. The van der Waals surface area contributed by atoms with Crippen molar-refractivity contribution in [3.63, 3.8) is 0 Å². The molecular weight excluding hydrogens is 286 g/mol. The first-order chi connectivity index (χ1) is 10.1. The van der Waals surface area contributed by atoms with Crippen molar-refractivity contribution < 1.29 is 13.5 Å².